The predicted molar refractivity (Wildman–Crippen MR) is 152 cm³/mol. The van der Waals surface area contributed by atoms with Crippen LogP contribution in [-0.4, -0.2) is 40.2 Å². The summed E-state index contributed by atoms with van der Waals surface area (Å²) >= 11 is 0. The van der Waals surface area contributed by atoms with Gasteiger partial charge in [-0.1, -0.05) is 52.0 Å². The number of methoxy groups -OCH3 is 1. The van der Waals surface area contributed by atoms with Gasteiger partial charge in [0, 0.05) is 12.0 Å². The Balaban J connectivity index is 2.94. The molecule has 1 aromatic rings. The van der Waals surface area contributed by atoms with Gasteiger partial charge in [0.15, 0.2) is 8.32 Å². The third-order valence-corrected chi connectivity index (χ3v) is 11.3. The molecule has 0 spiro atoms. The third kappa shape index (κ3) is 11.5. The lowest BCUT2D eigenvalue weighted by atomic mass is 9.97. The van der Waals surface area contributed by atoms with E-state index < -0.39 is 19.8 Å². The van der Waals surface area contributed by atoms with Gasteiger partial charge in [-0.05, 0) is 76.0 Å². The third-order valence-electron chi connectivity index (χ3n) is 6.75. The summed E-state index contributed by atoms with van der Waals surface area (Å²) in [5.41, 5.74) is 0.357. The molecule has 0 aromatic heterocycles. The zero-order valence-corrected chi connectivity index (χ0v) is 25.8. The van der Waals surface area contributed by atoms with Crippen LogP contribution in [0.3, 0.4) is 0 Å². The first-order chi connectivity index (χ1) is 17.0. The van der Waals surface area contributed by atoms with Crippen LogP contribution in [0.4, 0.5) is 4.39 Å². The van der Waals surface area contributed by atoms with E-state index in [0.717, 1.165) is 11.3 Å². The molecule has 37 heavy (non-hydrogen) atoms. The van der Waals surface area contributed by atoms with Crippen LogP contribution in [0.5, 0.6) is 5.75 Å². The van der Waals surface area contributed by atoms with Gasteiger partial charge in [0.2, 0.25) is 0 Å². The van der Waals surface area contributed by atoms with Gasteiger partial charge in [0.05, 0.1) is 25.7 Å². The van der Waals surface area contributed by atoms with E-state index in [-0.39, 0.29) is 42.1 Å². The summed E-state index contributed by atoms with van der Waals surface area (Å²) in [5.74, 6) is -0.0126. The van der Waals surface area contributed by atoms with Crippen molar-refractivity contribution in [1.29, 1.82) is 0 Å². The SMILES string of the molecule is COc1ccc(COC(/C=C\CCOC(=O)C(C)(C)C)/C(F)=C\[C@@H](C)[C@H](C)O[Si](C)(C)C(C)(C)C)cc1. The van der Waals surface area contributed by atoms with E-state index in [9.17, 15) is 4.79 Å². The highest BCUT2D eigenvalue weighted by Gasteiger charge is 2.39. The molecule has 0 aliphatic heterocycles. The second-order valence-corrected chi connectivity index (χ2v) is 16.9. The molecule has 0 heterocycles. The second-order valence-electron chi connectivity index (χ2n) is 12.2. The highest BCUT2D eigenvalue weighted by molar-refractivity contribution is 6.74. The lowest BCUT2D eigenvalue weighted by Gasteiger charge is -2.39. The molecule has 0 amide bonds. The topological polar surface area (TPSA) is 54.0 Å². The number of hydrogen-bond acceptors (Lipinski definition) is 5. The Labute approximate surface area is 225 Å². The van der Waals surface area contributed by atoms with E-state index in [1.165, 1.54) is 0 Å². The van der Waals surface area contributed by atoms with Gasteiger partial charge in [-0.25, -0.2) is 4.39 Å². The van der Waals surface area contributed by atoms with Crippen LogP contribution in [0.1, 0.15) is 67.4 Å². The molecule has 3 atom stereocenters. The smallest absolute Gasteiger partial charge is 0.311 e. The van der Waals surface area contributed by atoms with Crippen molar-refractivity contribution in [3.8, 4) is 5.75 Å². The zero-order chi connectivity index (χ0) is 28.4. The van der Waals surface area contributed by atoms with E-state index >= 15 is 4.39 Å². The van der Waals surface area contributed by atoms with Crippen molar-refractivity contribution in [2.75, 3.05) is 13.7 Å². The summed E-state index contributed by atoms with van der Waals surface area (Å²) in [5, 5.41) is 0.0758. The first-order valence-corrected chi connectivity index (χ1v) is 16.0. The number of hydrogen-bond donors (Lipinski definition) is 0. The molecule has 0 saturated carbocycles. The van der Waals surface area contributed by atoms with Crippen LogP contribution in [-0.2, 0) is 25.3 Å². The summed E-state index contributed by atoms with van der Waals surface area (Å²) in [6.45, 7) is 20.9. The lowest BCUT2D eigenvalue weighted by Crippen LogP contribution is -2.44. The summed E-state index contributed by atoms with van der Waals surface area (Å²) in [4.78, 5) is 12.0. The van der Waals surface area contributed by atoms with E-state index in [4.69, 9.17) is 18.6 Å². The quantitative estimate of drug-likeness (QED) is 0.111. The predicted octanol–water partition coefficient (Wildman–Crippen LogP) is 8.02. The Hall–Kier alpha value is -1.96. The van der Waals surface area contributed by atoms with Crippen LogP contribution in [0.2, 0.25) is 18.1 Å². The van der Waals surface area contributed by atoms with Crippen molar-refractivity contribution in [2.24, 2.45) is 11.3 Å². The first-order valence-electron chi connectivity index (χ1n) is 13.1. The van der Waals surface area contributed by atoms with Crippen LogP contribution in [0.25, 0.3) is 0 Å². The molecule has 0 fully saturated rings. The number of ether oxygens (including phenoxy) is 3. The monoisotopic (exact) mass is 536 g/mol. The van der Waals surface area contributed by atoms with Crippen LogP contribution >= 0.6 is 0 Å². The number of esters is 1. The molecule has 0 bridgehead atoms. The average Bonchev–Trinajstić information content (AvgIpc) is 2.79. The minimum atomic E-state index is -1.98. The molecule has 1 aromatic carbocycles. The zero-order valence-electron chi connectivity index (χ0n) is 24.8. The van der Waals surface area contributed by atoms with Gasteiger partial charge >= 0.3 is 5.97 Å². The minimum Gasteiger partial charge on any atom is -0.497 e. The number of rotatable bonds is 13. The number of halogens is 1. The fourth-order valence-electron chi connectivity index (χ4n) is 3.02. The van der Waals surface area contributed by atoms with Crippen molar-refractivity contribution in [2.45, 2.75) is 98.8 Å². The maximum atomic E-state index is 15.5. The van der Waals surface area contributed by atoms with Crippen LogP contribution < -0.4 is 4.74 Å². The van der Waals surface area contributed by atoms with E-state index in [1.54, 1.807) is 25.3 Å². The van der Waals surface area contributed by atoms with Crippen molar-refractivity contribution in [3.63, 3.8) is 0 Å². The van der Waals surface area contributed by atoms with E-state index in [0.29, 0.717) is 6.42 Å². The molecule has 7 heteroatoms. The molecule has 5 nitrogen and oxygen atoms in total. The Morgan fingerprint density at radius 1 is 1.05 bits per heavy atom. The van der Waals surface area contributed by atoms with Gasteiger partial charge in [-0.2, -0.15) is 0 Å². The fourth-order valence-corrected chi connectivity index (χ4v) is 4.52. The molecule has 0 radical (unpaired) electrons. The normalized spacial score (nSPS) is 15.9. The molecule has 1 unspecified atom stereocenters. The maximum absolute atomic E-state index is 15.5. The van der Waals surface area contributed by atoms with Gasteiger partial charge < -0.3 is 18.6 Å². The molecule has 1 rings (SSSR count). The highest BCUT2D eigenvalue weighted by atomic mass is 28.4. The molecule has 0 aliphatic rings. The molecule has 0 saturated heterocycles. The number of carbonyl (C=O) groups is 1. The molecule has 0 aliphatic carbocycles. The fraction of sp³-hybridized carbons (Fsp3) is 0.633. The highest BCUT2D eigenvalue weighted by Crippen LogP contribution is 2.38. The van der Waals surface area contributed by atoms with Gasteiger partial charge in [0.1, 0.15) is 17.7 Å². The van der Waals surface area contributed by atoms with Crippen LogP contribution in [0.15, 0.2) is 48.3 Å². The summed E-state index contributed by atoms with van der Waals surface area (Å²) in [6, 6.07) is 7.48. The summed E-state index contributed by atoms with van der Waals surface area (Å²) < 4.78 is 38.4. The van der Waals surface area contributed by atoms with E-state index in [2.05, 4.69) is 33.9 Å². The van der Waals surface area contributed by atoms with Gasteiger partial charge in [-0.3, -0.25) is 4.79 Å². The Bertz CT molecular complexity index is 894. The van der Waals surface area contributed by atoms with Crippen molar-refractivity contribution < 1.29 is 27.8 Å². The Morgan fingerprint density at radius 3 is 2.16 bits per heavy atom. The van der Waals surface area contributed by atoms with Crippen molar-refractivity contribution in [1.82, 2.24) is 0 Å². The summed E-state index contributed by atoms with van der Waals surface area (Å²) in [7, 11) is -0.365. The largest absolute Gasteiger partial charge is 0.497 e. The lowest BCUT2D eigenvalue weighted by molar-refractivity contribution is -0.152. The van der Waals surface area contributed by atoms with Gasteiger partial charge in [-0.15, -0.1) is 0 Å². The molecular weight excluding hydrogens is 487 g/mol. The standard InChI is InChI=1S/C30H49FO5Si/c1-22(23(2)36-37(10,11)30(6,7)8)20-26(31)27(14-12-13-19-34-28(32)29(3,4)5)35-21-24-15-17-25(33-9)18-16-24/h12,14-18,20,22-23,27H,13,19,21H2,1-11H3/b14-12-,26-20+/t22-,23+,27?/m1/s1. The van der Waals surface area contributed by atoms with Crippen molar-refractivity contribution >= 4 is 14.3 Å². The Morgan fingerprint density at radius 2 is 1.65 bits per heavy atom. The number of benzene rings is 1. The van der Waals surface area contributed by atoms with Gasteiger partial charge in [0.25, 0.3) is 0 Å². The Kier molecular flexibility index (Phi) is 12.7. The van der Waals surface area contributed by atoms with Crippen molar-refractivity contribution in [3.05, 3.63) is 53.9 Å². The average molecular weight is 537 g/mol. The maximum Gasteiger partial charge on any atom is 0.311 e. The molecule has 210 valence electrons. The number of carbonyl (C=O) groups excluding carboxylic acids is 1. The minimum absolute atomic E-state index is 0.0758. The molecule has 0 N–H and O–H groups in total. The first kappa shape index (κ1) is 33.1. The molecular formula is C30H49FO5Si. The van der Waals surface area contributed by atoms with E-state index in [1.807, 2.05) is 58.9 Å². The summed E-state index contributed by atoms with van der Waals surface area (Å²) in [6.07, 6.45) is 4.56. The van der Waals surface area contributed by atoms with Crippen LogP contribution in [0, 0.1) is 11.3 Å². The second kappa shape index (κ2) is 14.3.